The van der Waals surface area contributed by atoms with Gasteiger partial charge in [-0.1, -0.05) is 18.6 Å². The second-order valence-corrected chi connectivity index (χ2v) is 8.87. The zero-order valence-electron chi connectivity index (χ0n) is 14.6. The lowest BCUT2D eigenvalue weighted by molar-refractivity contribution is -0.0942. The number of hydrogen-bond donors (Lipinski definition) is 2. The van der Waals surface area contributed by atoms with Gasteiger partial charge in [-0.25, -0.2) is 0 Å². The van der Waals surface area contributed by atoms with Crippen molar-refractivity contribution < 1.29 is 14.9 Å². The first-order chi connectivity index (χ1) is 11.0. The standard InChI is InChI=1S/C20H32O3/c1-19-9-8-17-15(16(19)5-6-18(19)22)4-3-13-11-14(23-2)7-10-20(13,17)12-21/h11,14-18,21-22H,3-10,12H2,1-2H3/t14-,15-,16-,17-,18-,19-,20+/m0/s1. The first kappa shape index (κ1) is 16.1. The Balaban J connectivity index is 1.68. The van der Waals surface area contributed by atoms with E-state index in [1.165, 1.54) is 24.8 Å². The van der Waals surface area contributed by atoms with Crippen molar-refractivity contribution in [3.8, 4) is 0 Å². The van der Waals surface area contributed by atoms with Crippen molar-refractivity contribution in [2.75, 3.05) is 13.7 Å². The molecular weight excluding hydrogens is 288 g/mol. The maximum atomic E-state index is 10.5. The summed E-state index contributed by atoms with van der Waals surface area (Å²) in [6, 6.07) is 0. The third-order valence-corrected chi connectivity index (χ3v) is 8.33. The van der Waals surface area contributed by atoms with Crippen molar-refractivity contribution in [3.05, 3.63) is 11.6 Å². The van der Waals surface area contributed by atoms with Crippen LogP contribution in [0.15, 0.2) is 11.6 Å². The molecule has 3 nitrogen and oxygen atoms in total. The molecule has 3 fully saturated rings. The van der Waals surface area contributed by atoms with Gasteiger partial charge in [-0.15, -0.1) is 0 Å². The van der Waals surface area contributed by atoms with Crippen molar-refractivity contribution >= 4 is 0 Å². The maximum absolute atomic E-state index is 10.5. The minimum Gasteiger partial charge on any atom is -0.395 e. The Kier molecular flexibility index (Phi) is 3.90. The molecule has 3 heteroatoms. The minimum atomic E-state index is -0.111. The summed E-state index contributed by atoms with van der Waals surface area (Å²) >= 11 is 0. The zero-order chi connectivity index (χ0) is 16.2. The third kappa shape index (κ3) is 2.12. The van der Waals surface area contributed by atoms with Gasteiger partial charge in [-0.05, 0) is 74.5 Å². The van der Waals surface area contributed by atoms with Gasteiger partial charge in [0.05, 0.1) is 18.8 Å². The molecule has 0 bridgehead atoms. The van der Waals surface area contributed by atoms with E-state index in [9.17, 15) is 10.2 Å². The Bertz CT molecular complexity index is 501. The molecule has 4 rings (SSSR count). The highest BCUT2D eigenvalue weighted by atomic mass is 16.5. The summed E-state index contributed by atoms with van der Waals surface area (Å²) in [4.78, 5) is 0. The van der Waals surface area contributed by atoms with E-state index < -0.39 is 0 Å². The van der Waals surface area contributed by atoms with E-state index in [4.69, 9.17) is 4.74 Å². The minimum absolute atomic E-state index is 0.00676. The third-order valence-electron chi connectivity index (χ3n) is 8.33. The van der Waals surface area contributed by atoms with E-state index in [0.29, 0.717) is 24.4 Å². The molecule has 7 atom stereocenters. The van der Waals surface area contributed by atoms with E-state index in [1.54, 1.807) is 7.11 Å². The number of aliphatic hydroxyl groups is 2. The first-order valence-corrected chi connectivity index (χ1v) is 9.58. The Hall–Kier alpha value is -0.380. The maximum Gasteiger partial charge on any atom is 0.0755 e. The Labute approximate surface area is 140 Å². The molecule has 0 amide bonds. The Morgan fingerprint density at radius 2 is 1.96 bits per heavy atom. The fourth-order valence-corrected chi connectivity index (χ4v) is 6.94. The van der Waals surface area contributed by atoms with Gasteiger partial charge >= 0.3 is 0 Å². The number of fused-ring (bicyclic) bond motifs is 5. The van der Waals surface area contributed by atoms with E-state index >= 15 is 0 Å². The van der Waals surface area contributed by atoms with Gasteiger partial charge in [0.1, 0.15) is 0 Å². The molecule has 0 aliphatic heterocycles. The SMILES string of the molecule is CO[C@@H]1C=C2CC[C@@H]3[C@H](CC[C@]4(C)[C@@H](O)CC[C@@H]34)[C@@]2(CO)CC1. The molecule has 0 heterocycles. The number of ether oxygens (including phenoxy) is 1. The van der Waals surface area contributed by atoms with Crippen LogP contribution in [0, 0.1) is 28.6 Å². The number of rotatable bonds is 2. The number of methoxy groups -OCH3 is 1. The van der Waals surface area contributed by atoms with Crippen LogP contribution in [0.25, 0.3) is 0 Å². The molecule has 0 saturated heterocycles. The molecule has 0 aromatic carbocycles. The van der Waals surface area contributed by atoms with Gasteiger partial charge in [0.2, 0.25) is 0 Å². The molecule has 4 aliphatic carbocycles. The predicted octanol–water partition coefficient (Wildman–Crippen LogP) is 3.30. The zero-order valence-corrected chi connectivity index (χ0v) is 14.6. The molecule has 130 valence electrons. The number of aliphatic hydroxyl groups excluding tert-OH is 2. The van der Waals surface area contributed by atoms with Crippen molar-refractivity contribution in [1.29, 1.82) is 0 Å². The van der Waals surface area contributed by atoms with Crippen molar-refractivity contribution in [2.45, 2.75) is 70.5 Å². The van der Waals surface area contributed by atoms with Crippen LogP contribution in [-0.4, -0.2) is 36.1 Å². The summed E-state index contributed by atoms with van der Waals surface area (Å²) < 4.78 is 5.57. The molecule has 2 N–H and O–H groups in total. The molecule has 3 saturated carbocycles. The molecule has 4 aliphatic rings. The van der Waals surface area contributed by atoms with Gasteiger partial charge < -0.3 is 14.9 Å². The van der Waals surface area contributed by atoms with Gasteiger partial charge in [0.15, 0.2) is 0 Å². The summed E-state index contributed by atoms with van der Waals surface area (Å²) in [7, 11) is 1.80. The second kappa shape index (κ2) is 5.57. The largest absolute Gasteiger partial charge is 0.395 e. The quantitative estimate of drug-likeness (QED) is 0.768. The topological polar surface area (TPSA) is 49.7 Å². The van der Waals surface area contributed by atoms with Crippen LogP contribution < -0.4 is 0 Å². The second-order valence-electron chi connectivity index (χ2n) is 8.87. The summed E-state index contributed by atoms with van der Waals surface area (Å²) in [6.45, 7) is 2.62. The van der Waals surface area contributed by atoms with E-state index in [-0.39, 0.29) is 23.0 Å². The fraction of sp³-hybridized carbons (Fsp3) is 0.900. The molecule has 0 unspecified atom stereocenters. The average Bonchev–Trinajstić information content (AvgIpc) is 2.89. The normalized spacial score (nSPS) is 52.3. The highest BCUT2D eigenvalue weighted by Gasteiger charge is 2.59. The lowest BCUT2D eigenvalue weighted by Crippen LogP contribution is -2.53. The average molecular weight is 320 g/mol. The molecule has 0 radical (unpaired) electrons. The molecule has 0 spiro atoms. The first-order valence-electron chi connectivity index (χ1n) is 9.58. The van der Waals surface area contributed by atoms with Crippen molar-refractivity contribution in [2.24, 2.45) is 28.6 Å². The van der Waals surface area contributed by atoms with Crippen LogP contribution in [0.2, 0.25) is 0 Å². The van der Waals surface area contributed by atoms with Crippen LogP contribution in [0.1, 0.15) is 58.3 Å². The molecule has 23 heavy (non-hydrogen) atoms. The van der Waals surface area contributed by atoms with Crippen LogP contribution >= 0.6 is 0 Å². The van der Waals surface area contributed by atoms with Crippen LogP contribution in [0.4, 0.5) is 0 Å². The lowest BCUT2D eigenvalue weighted by atomic mass is 9.47. The summed E-state index contributed by atoms with van der Waals surface area (Å²) in [5.74, 6) is 1.95. The van der Waals surface area contributed by atoms with Gasteiger partial charge in [0, 0.05) is 12.5 Å². The molecular formula is C20H32O3. The highest BCUT2D eigenvalue weighted by Crippen LogP contribution is 2.65. The van der Waals surface area contributed by atoms with E-state index in [0.717, 1.165) is 32.1 Å². The van der Waals surface area contributed by atoms with Gasteiger partial charge in [-0.3, -0.25) is 0 Å². The molecule has 0 aromatic rings. The summed E-state index contributed by atoms with van der Waals surface area (Å²) in [5, 5.41) is 20.9. The number of hydrogen-bond acceptors (Lipinski definition) is 3. The summed E-state index contributed by atoms with van der Waals surface area (Å²) in [5.41, 5.74) is 1.61. The van der Waals surface area contributed by atoms with E-state index in [2.05, 4.69) is 13.0 Å². The fourth-order valence-electron chi connectivity index (χ4n) is 6.94. The Morgan fingerprint density at radius 3 is 2.70 bits per heavy atom. The van der Waals surface area contributed by atoms with Crippen LogP contribution in [0.3, 0.4) is 0 Å². The Morgan fingerprint density at radius 1 is 1.13 bits per heavy atom. The van der Waals surface area contributed by atoms with Gasteiger partial charge in [0.25, 0.3) is 0 Å². The van der Waals surface area contributed by atoms with E-state index in [1.807, 2.05) is 0 Å². The van der Waals surface area contributed by atoms with Gasteiger partial charge in [-0.2, -0.15) is 0 Å². The van der Waals surface area contributed by atoms with Crippen molar-refractivity contribution in [3.63, 3.8) is 0 Å². The highest BCUT2D eigenvalue weighted by molar-refractivity contribution is 5.27. The monoisotopic (exact) mass is 320 g/mol. The van der Waals surface area contributed by atoms with Crippen molar-refractivity contribution in [1.82, 2.24) is 0 Å². The predicted molar refractivity (Wildman–Crippen MR) is 89.9 cm³/mol. The van der Waals surface area contributed by atoms with Crippen LogP contribution in [0.5, 0.6) is 0 Å². The molecule has 0 aromatic heterocycles. The lowest BCUT2D eigenvalue weighted by Gasteiger charge is -2.58. The van der Waals surface area contributed by atoms with Crippen LogP contribution in [-0.2, 0) is 4.74 Å². The smallest absolute Gasteiger partial charge is 0.0755 e. The summed E-state index contributed by atoms with van der Waals surface area (Å²) in [6.07, 6.45) is 11.4.